The van der Waals surface area contributed by atoms with Crippen LogP contribution in [0.2, 0.25) is 15.1 Å². The van der Waals surface area contributed by atoms with Crippen molar-refractivity contribution in [2.24, 2.45) is 5.92 Å². The summed E-state index contributed by atoms with van der Waals surface area (Å²) in [5, 5.41) is 12.5. The second kappa shape index (κ2) is 8.07. The van der Waals surface area contributed by atoms with Crippen LogP contribution in [0.25, 0.3) is 0 Å². The molecule has 136 valence electrons. The summed E-state index contributed by atoms with van der Waals surface area (Å²) in [5.41, 5.74) is 0.922. The molecule has 0 aliphatic heterocycles. The van der Waals surface area contributed by atoms with Gasteiger partial charge in [-0.15, -0.1) is 5.10 Å². The molecule has 0 fully saturated rings. The highest BCUT2D eigenvalue weighted by molar-refractivity contribution is 6.42. The molecule has 1 atom stereocenters. The number of hydrogen-bond acceptors (Lipinski definition) is 4. The van der Waals surface area contributed by atoms with Crippen LogP contribution in [-0.2, 0) is 17.9 Å². The molecule has 1 unspecified atom stereocenters. The number of rotatable bonds is 6. The lowest BCUT2D eigenvalue weighted by Gasteiger charge is -2.10. The Balaban J connectivity index is 1.58. The third kappa shape index (κ3) is 4.75. The van der Waals surface area contributed by atoms with Gasteiger partial charge in [0.05, 0.1) is 40.3 Å². The maximum atomic E-state index is 12.3. The summed E-state index contributed by atoms with van der Waals surface area (Å²) in [7, 11) is 0. The Morgan fingerprint density at radius 2 is 2.04 bits per heavy atom. The fourth-order valence-electron chi connectivity index (χ4n) is 2.29. The summed E-state index contributed by atoms with van der Waals surface area (Å²) in [6.45, 7) is 2.65. The first-order chi connectivity index (χ1) is 12.4. The minimum atomic E-state index is -0.326. The van der Waals surface area contributed by atoms with E-state index in [1.807, 2.05) is 6.07 Å². The van der Waals surface area contributed by atoms with E-state index in [4.69, 9.17) is 34.8 Å². The van der Waals surface area contributed by atoms with E-state index >= 15 is 0 Å². The lowest BCUT2D eigenvalue weighted by atomic mass is 10.1. The molecule has 1 amide bonds. The van der Waals surface area contributed by atoms with Gasteiger partial charge in [0.1, 0.15) is 6.33 Å². The predicted molar refractivity (Wildman–Crippen MR) is 101 cm³/mol. The Morgan fingerprint density at radius 1 is 1.23 bits per heavy atom. The zero-order chi connectivity index (χ0) is 18.7. The van der Waals surface area contributed by atoms with Crippen molar-refractivity contribution < 1.29 is 4.79 Å². The molecule has 2 heterocycles. The molecule has 0 spiro atoms. The highest BCUT2D eigenvalue weighted by atomic mass is 35.5. The molecule has 0 bridgehead atoms. The maximum Gasteiger partial charge on any atom is 0.248 e. The smallest absolute Gasteiger partial charge is 0.248 e. The molecular weight excluding hydrogens is 399 g/mol. The Bertz CT molecular complexity index is 922. The van der Waals surface area contributed by atoms with Crippen molar-refractivity contribution in [3.8, 4) is 0 Å². The van der Waals surface area contributed by atoms with E-state index < -0.39 is 0 Å². The van der Waals surface area contributed by atoms with Crippen LogP contribution in [0.5, 0.6) is 0 Å². The minimum absolute atomic E-state index is 0.205. The number of nitrogens with zero attached hydrogens (tertiary/aromatic N) is 5. The number of nitrogens with one attached hydrogen (secondary N) is 1. The first-order valence-corrected chi connectivity index (χ1v) is 8.86. The van der Waals surface area contributed by atoms with Gasteiger partial charge in [0.2, 0.25) is 11.9 Å². The quantitative estimate of drug-likeness (QED) is 0.667. The molecule has 10 heteroatoms. The van der Waals surface area contributed by atoms with Gasteiger partial charge >= 0.3 is 0 Å². The first-order valence-electron chi connectivity index (χ1n) is 7.73. The van der Waals surface area contributed by atoms with Gasteiger partial charge in [-0.1, -0.05) is 47.8 Å². The van der Waals surface area contributed by atoms with Gasteiger partial charge in [-0.3, -0.25) is 14.8 Å². The monoisotopic (exact) mass is 412 g/mol. The zero-order valence-corrected chi connectivity index (χ0v) is 16.0. The molecule has 1 aromatic carbocycles. The zero-order valence-electron chi connectivity index (χ0n) is 13.7. The molecule has 1 N–H and O–H groups in total. The summed E-state index contributed by atoms with van der Waals surface area (Å²) >= 11 is 17.7. The van der Waals surface area contributed by atoms with Crippen LogP contribution in [0.15, 0.2) is 36.9 Å². The Labute approximate surface area is 164 Å². The molecule has 0 radical (unpaired) electrons. The van der Waals surface area contributed by atoms with Crippen molar-refractivity contribution in [2.75, 3.05) is 5.32 Å². The lowest BCUT2D eigenvalue weighted by molar-refractivity contribution is -0.119. The number of carbonyl (C=O) groups is 1. The topological polar surface area (TPSA) is 77.6 Å². The van der Waals surface area contributed by atoms with Crippen LogP contribution >= 0.6 is 34.8 Å². The standard InChI is InChI=1S/C16H15Cl3N6O/c1-10(6-24-8-12(17)5-21-24)15(26)22-16-20-9-25(23-16)7-11-2-3-13(18)14(19)4-11/h2-5,8-10H,6-7H2,1H3,(H,22,23,26). The van der Waals surface area contributed by atoms with Gasteiger partial charge in [-0.2, -0.15) is 5.10 Å². The molecule has 0 saturated carbocycles. The summed E-state index contributed by atoms with van der Waals surface area (Å²) < 4.78 is 3.22. The third-order valence-corrected chi connectivity index (χ3v) is 4.54. The number of hydrogen-bond donors (Lipinski definition) is 1. The number of benzene rings is 1. The first kappa shape index (κ1) is 18.7. The number of halogens is 3. The fourth-order valence-corrected chi connectivity index (χ4v) is 2.77. The number of aromatic nitrogens is 5. The number of anilines is 1. The van der Waals surface area contributed by atoms with Gasteiger partial charge in [0, 0.05) is 6.20 Å². The molecule has 0 saturated heterocycles. The van der Waals surface area contributed by atoms with Gasteiger partial charge in [-0.25, -0.2) is 9.67 Å². The molecule has 0 aliphatic carbocycles. The van der Waals surface area contributed by atoms with Gasteiger partial charge < -0.3 is 0 Å². The van der Waals surface area contributed by atoms with Crippen molar-refractivity contribution in [1.29, 1.82) is 0 Å². The van der Waals surface area contributed by atoms with Crippen LogP contribution in [0.1, 0.15) is 12.5 Å². The second-order valence-electron chi connectivity index (χ2n) is 5.79. The highest BCUT2D eigenvalue weighted by Gasteiger charge is 2.16. The Hall–Kier alpha value is -2.09. The molecule has 3 aromatic rings. The van der Waals surface area contributed by atoms with Gasteiger partial charge in [-0.05, 0) is 17.7 Å². The molecule has 26 heavy (non-hydrogen) atoms. The highest BCUT2D eigenvalue weighted by Crippen LogP contribution is 2.23. The van der Waals surface area contributed by atoms with Crippen molar-refractivity contribution >= 4 is 46.7 Å². The summed E-state index contributed by atoms with van der Waals surface area (Å²) in [6.07, 6.45) is 4.73. The minimum Gasteiger partial charge on any atom is -0.293 e. The van der Waals surface area contributed by atoms with Gasteiger partial charge in [0.15, 0.2) is 0 Å². The Kier molecular flexibility index (Phi) is 5.80. The van der Waals surface area contributed by atoms with Gasteiger partial charge in [0.25, 0.3) is 0 Å². The van der Waals surface area contributed by atoms with E-state index in [0.29, 0.717) is 28.2 Å². The van der Waals surface area contributed by atoms with E-state index in [2.05, 4.69) is 20.5 Å². The molecule has 3 rings (SSSR count). The van der Waals surface area contributed by atoms with Crippen LogP contribution in [0, 0.1) is 5.92 Å². The van der Waals surface area contributed by atoms with Crippen molar-refractivity contribution in [2.45, 2.75) is 20.0 Å². The third-order valence-electron chi connectivity index (χ3n) is 3.61. The molecule has 0 aliphatic rings. The van der Waals surface area contributed by atoms with Crippen molar-refractivity contribution in [3.05, 3.63) is 57.6 Å². The average molecular weight is 414 g/mol. The predicted octanol–water partition coefficient (Wildman–Crippen LogP) is 3.76. The van der Waals surface area contributed by atoms with Crippen molar-refractivity contribution in [1.82, 2.24) is 24.5 Å². The average Bonchev–Trinajstić information content (AvgIpc) is 3.20. The maximum absolute atomic E-state index is 12.3. The van der Waals surface area contributed by atoms with Crippen LogP contribution in [0.4, 0.5) is 5.95 Å². The fraction of sp³-hybridized carbons (Fsp3) is 0.250. The SMILES string of the molecule is CC(Cn1cc(Cl)cn1)C(=O)Nc1ncn(Cc2ccc(Cl)c(Cl)c2)n1. The van der Waals surface area contributed by atoms with E-state index in [0.717, 1.165) is 5.56 Å². The Morgan fingerprint density at radius 3 is 2.73 bits per heavy atom. The summed E-state index contributed by atoms with van der Waals surface area (Å²) in [5.74, 6) is -0.294. The normalized spacial score (nSPS) is 12.2. The molecule has 2 aromatic heterocycles. The van der Waals surface area contributed by atoms with E-state index in [-0.39, 0.29) is 17.8 Å². The van der Waals surface area contributed by atoms with Crippen molar-refractivity contribution in [3.63, 3.8) is 0 Å². The van der Waals surface area contributed by atoms with E-state index in [1.165, 1.54) is 12.5 Å². The lowest BCUT2D eigenvalue weighted by Crippen LogP contribution is -2.25. The molecule has 7 nitrogen and oxygen atoms in total. The largest absolute Gasteiger partial charge is 0.293 e. The summed E-state index contributed by atoms with van der Waals surface area (Å²) in [6, 6.07) is 5.34. The molecular formula is C16H15Cl3N6O. The van der Waals surface area contributed by atoms with E-state index in [9.17, 15) is 4.79 Å². The summed E-state index contributed by atoms with van der Waals surface area (Å²) in [4.78, 5) is 16.4. The van der Waals surface area contributed by atoms with Crippen LogP contribution in [0.3, 0.4) is 0 Å². The number of amides is 1. The second-order valence-corrected chi connectivity index (χ2v) is 7.04. The van der Waals surface area contributed by atoms with Crippen LogP contribution < -0.4 is 5.32 Å². The number of carbonyl (C=O) groups excluding carboxylic acids is 1. The van der Waals surface area contributed by atoms with E-state index in [1.54, 1.807) is 34.6 Å². The van der Waals surface area contributed by atoms with Crippen LogP contribution in [-0.4, -0.2) is 30.5 Å².